The largest absolute Gasteiger partial charge is 0.445 e. The first-order chi connectivity index (χ1) is 21.8. The molecule has 16 heteroatoms. The van der Waals surface area contributed by atoms with Crippen LogP contribution in [0.3, 0.4) is 0 Å². The second-order valence-electron chi connectivity index (χ2n) is 14.9. The Balaban J connectivity index is 0.000000226. The van der Waals surface area contributed by atoms with Gasteiger partial charge in [-0.2, -0.15) is 18.3 Å². The molecule has 0 aliphatic rings. The van der Waals surface area contributed by atoms with Crippen molar-refractivity contribution in [3.05, 3.63) is 66.7 Å². The molecule has 4 heterocycles. The highest BCUT2D eigenvalue weighted by Crippen LogP contribution is 2.35. The highest BCUT2D eigenvalue weighted by Gasteiger charge is 2.37. The Morgan fingerprint density at radius 2 is 1.04 bits per heavy atom. The minimum Gasteiger partial charge on any atom is -0.262 e. The summed E-state index contributed by atoms with van der Waals surface area (Å²) in [5, 5.41) is 30.2. The molecule has 0 aliphatic carbocycles. The van der Waals surface area contributed by atoms with Crippen LogP contribution in [0.4, 0.5) is 13.2 Å². The van der Waals surface area contributed by atoms with Crippen molar-refractivity contribution in [1.29, 1.82) is 0 Å². The number of hydrogen-bond donors (Lipinski definition) is 2. The van der Waals surface area contributed by atoms with E-state index < -0.39 is 11.2 Å². The molecular weight excluding hydrogens is 725 g/mol. The summed E-state index contributed by atoms with van der Waals surface area (Å²) in [4.78, 5) is 8.62. The zero-order valence-electron chi connectivity index (χ0n) is 29.8. The first kappa shape index (κ1) is 41.1. The molecular formula is C32H46BrF3N10S2. The maximum absolute atomic E-state index is 12.1. The minimum atomic E-state index is -4.37. The Labute approximate surface area is 297 Å². The van der Waals surface area contributed by atoms with Gasteiger partial charge in [-0.05, 0) is 22.9 Å². The van der Waals surface area contributed by atoms with Crippen LogP contribution in [0.25, 0.3) is 11.4 Å². The van der Waals surface area contributed by atoms with Gasteiger partial charge in [0, 0.05) is 27.2 Å². The van der Waals surface area contributed by atoms with Crippen molar-refractivity contribution >= 4 is 38.6 Å². The van der Waals surface area contributed by atoms with Gasteiger partial charge in [-0.3, -0.25) is 10.2 Å². The standard InChI is InChI=1S/C12H15N3.C7H9F3N2S.C7H12N2S.C6H10BrN3/c1-12(2,3)11-13-10(14-15-11)9-7-5-4-6-8-9;1-6(2,3)4-11-12-5(13-4)7(8,9)10;1-5-8-9-6(10-5)7(2,3)4;1-6(2,3)4-8-5(7)10-9-4/h4-8H,1-3H3,(H,13,14,15);1-3H3;1-4H3;1-3H3,(H,8,9,10). The van der Waals surface area contributed by atoms with Crippen LogP contribution in [0.1, 0.15) is 115 Å². The van der Waals surface area contributed by atoms with Gasteiger partial charge in [0.25, 0.3) is 0 Å². The molecule has 5 rings (SSSR count). The Bertz CT molecular complexity index is 1600. The Kier molecular flexibility index (Phi) is 13.7. The third-order valence-electron chi connectivity index (χ3n) is 5.87. The van der Waals surface area contributed by atoms with Crippen molar-refractivity contribution in [2.75, 3.05) is 0 Å². The average molecular weight is 772 g/mol. The number of halogens is 4. The van der Waals surface area contributed by atoms with Gasteiger partial charge in [-0.15, -0.1) is 36.8 Å². The van der Waals surface area contributed by atoms with Crippen LogP contribution in [0.15, 0.2) is 35.1 Å². The van der Waals surface area contributed by atoms with E-state index in [1.54, 1.807) is 32.1 Å². The van der Waals surface area contributed by atoms with E-state index >= 15 is 0 Å². The van der Waals surface area contributed by atoms with Crippen molar-refractivity contribution in [2.45, 2.75) is 118 Å². The van der Waals surface area contributed by atoms with Crippen LogP contribution >= 0.6 is 38.6 Å². The maximum Gasteiger partial charge on any atom is 0.445 e. The fraction of sp³-hybridized carbons (Fsp3) is 0.562. The Morgan fingerprint density at radius 1 is 0.583 bits per heavy atom. The zero-order chi connectivity index (χ0) is 36.7. The van der Waals surface area contributed by atoms with Gasteiger partial charge < -0.3 is 0 Å². The second-order valence-corrected chi connectivity index (χ2v) is 17.7. The summed E-state index contributed by atoms with van der Waals surface area (Å²) in [6.45, 7) is 26.4. The topological polar surface area (TPSA) is 135 Å². The summed E-state index contributed by atoms with van der Waals surface area (Å²) in [6.07, 6.45) is -4.37. The van der Waals surface area contributed by atoms with Crippen LogP contribution in [0.5, 0.6) is 0 Å². The number of nitrogens with one attached hydrogen (secondary N) is 2. The van der Waals surface area contributed by atoms with E-state index in [2.05, 4.69) is 129 Å². The van der Waals surface area contributed by atoms with Gasteiger partial charge in [0.2, 0.25) is 9.74 Å². The molecule has 264 valence electrons. The fourth-order valence-corrected chi connectivity index (χ4v) is 4.91. The van der Waals surface area contributed by atoms with E-state index in [1.807, 2.05) is 37.3 Å². The quantitative estimate of drug-likeness (QED) is 0.172. The molecule has 1 aromatic carbocycles. The molecule has 0 saturated heterocycles. The number of H-pyrrole nitrogens is 2. The fourth-order valence-electron chi connectivity index (χ4n) is 3.13. The van der Waals surface area contributed by atoms with E-state index in [1.165, 1.54) is 0 Å². The highest BCUT2D eigenvalue weighted by molar-refractivity contribution is 9.10. The van der Waals surface area contributed by atoms with E-state index in [-0.39, 0.29) is 21.7 Å². The third-order valence-corrected chi connectivity index (χ3v) is 8.89. The third kappa shape index (κ3) is 13.4. The summed E-state index contributed by atoms with van der Waals surface area (Å²) in [5.74, 6) is 2.58. The Hall–Kier alpha value is -3.11. The van der Waals surface area contributed by atoms with Gasteiger partial charge in [0.1, 0.15) is 26.7 Å². The number of aromatic amines is 2. The van der Waals surface area contributed by atoms with Crippen LogP contribution < -0.4 is 0 Å². The Morgan fingerprint density at radius 3 is 1.35 bits per heavy atom. The monoisotopic (exact) mass is 770 g/mol. The smallest absolute Gasteiger partial charge is 0.262 e. The number of alkyl halides is 3. The van der Waals surface area contributed by atoms with Crippen molar-refractivity contribution in [3.8, 4) is 11.4 Å². The summed E-state index contributed by atoms with van der Waals surface area (Å²) >= 11 is 5.44. The van der Waals surface area contributed by atoms with Crippen LogP contribution in [0.2, 0.25) is 0 Å². The number of hydrogen-bond acceptors (Lipinski definition) is 10. The normalized spacial score (nSPS) is 12.3. The molecule has 48 heavy (non-hydrogen) atoms. The number of aromatic nitrogens is 10. The lowest BCUT2D eigenvalue weighted by atomic mass is 9.96. The number of rotatable bonds is 1. The van der Waals surface area contributed by atoms with Crippen molar-refractivity contribution in [3.63, 3.8) is 0 Å². The van der Waals surface area contributed by atoms with E-state index in [0.29, 0.717) is 21.1 Å². The van der Waals surface area contributed by atoms with Gasteiger partial charge in [0.05, 0.1) is 0 Å². The molecule has 10 nitrogen and oxygen atoms in total. The van der Waals surface area contributed by atoms with Gasteiger partial charge in [-0.1, -0.05) is 125 Å². The molecule has 0 atom stereocenters. The summed E-state index contributed by atoms with van der Waals surface area (Å²) < 4.78 is 36.9. The maximum atomic E-state index is 12.1. The zero-order valence-corrected chi connectivity index (χ0v) is 33.0. The molecule has 0 spiro atoms. The predicted molar refractivity (Wildman–Crippen MR) is 190 cm³/mol. The summed E-state index contributed by atoms with van der Waals surface area (Å²) in [6, 6.07) is 9.98. The van der Waals surface area contributed by atoms with Crippen LogP contribution in [0, 0.1) is 6.92 Å². The van der Waals surface area contributed by atoms with E-state index in [4.69, 9.17) is 0 Å². The number of nitrogens with zero attached hydrogens (tertiary/aromatic N) is 8. The second kappa shape index (κ2) is 16.1. The molecule has 0 bridgehead atoms. The van der Waals surface area contributed by atoms with Crippen molar-refractivity contribution in [1.82, 2.24) is 50.8 Å². The molecule has 0 saturated carbocycles. The predicted octanol–water partition coefficient (Wildman–Crippen LogP) is 9.63. The first-order valence-electron chi connectivity index (χ1n) is 15.1. The number of aryl methyl sites for hydroxylation is 1. The molecule has 0 aliphatic heterocycles. The van der Waals surface area contributed by atoms with E-state index in [9.17, 15) is 13.2 Å². The molecule has 4 aromatic heterocycles. The first-order valence-corrected chi connectivity index (χ1v) is 17.5. The van der Waals surface area contributed by atoms with Crippen molar-refractivity contribution in [2.24, 2.45) is 0 Å². The average Bonchev–Trinajstić information content (AvgIpc) is 3.75. The van der Waals surface area contributed by atoms with Crippen LogP contribution in [-0.4, -0.2) is 50.8 Å². The lowest BCUT2D eigenvalue weighted by molar-refractivity contribution is -0.138. The van der Waals surface area contributed by atoms with Crippen molar-refractivity contribution < 1.29 is 13.2 Å². The lowest BCUT2D eigenvalue weighted by Gasteiger charge is -2.12. The van der Waals surface area contributed by atoms with E-state index in [0.717, 1.165) is 33.1 Å². The molecule has 0 radical (unpaired) electrons. The number of benzene rings is 1. The van der Waals surface area contributed by atoms with Gasteiger partial charge in [0.15, 0.2) is 5.82 Å². The molecule has 0 fully saturated rings. The highest BCUT2D eigenvalue weighted by atomic mass is 79.9. The van der Waals surface area contributed by atoms with Gasteiger partial charge >= 0.3 is 6.18 Å². The summed E-state index contributed by atoms with van der Waals surface area (Å²) in [5.41, 5.74) is 0.899. The molecule has 2 N–H and O–H groups in total. The molecule has 0 amide bonds. The SMILES string of the molecule is CC(C)(C)c1nc(-c2ccccc2)n[nH]1.CC(C)(C)c1nc(Br)n[nH]1.CC(C)(C)c1nnc(C(F)(F)F)s1.Cc1nnc(C(C)(C)C)s1. The summed E-state index contributed by atoms with van der Waals surface area (Å²) in [7, 11) is 0. The lowest BCUT2D eigenvalue weighted by Crippen LogP contribution is -2.13. The van der Waals surface area contributed by atoms with Gasteiger partial charge in [-0.25, -0.2) is 9.97 Å². The molecule has 5 aromatic rings. The van der Waals surface area contributed by atoms with Crippen LogP contribution in [-0.2, 0) is 27.8 Å². The minimum absolute atomic E-state index is 0.0139. The molecule has 0 unspecified atom stereocenters.